The van der Waals surface area contributed by atoms with Crippen LogP contribution in [0.5, 0.6) is 0 Å². The number of nitrogens with zero attached hydrogens (tertiary/aromatic N) is 1. The van der Waals surface area contributed by atoms with Gasteiger partial charge in [-0.15, -0.1) is 0 Å². The molecule has 0 aliphatic rings. The molecule has 0 bridgehead atoms. The lowest BCUT2D eigenvalue weighted by atomic mass is 10.0. The summed E-state index contributed by atoms with van der Waals surface area (Å²) in [6.45, 7) is 0. The molecule has 0 saturated heterocycles. The maximum Gasteiger partial charge on any atom is 0.261 e. The first-order valence-electron chi connectivity index (χ1n) is 8.96. The van der Waals surface area contributed by atoms with E-state index in [1.165, 1.54) is 0 Å². The molecule has 4 rings (SSSR count). The van der Waals surface area contributed by atoms with E-state index in [1.54, 1.807) is 42.5 Å². The summed E-state index contributed by atoms with van der Waals surface area (Å²) in [5.74, 6) is 0. The second-order valence-electron chi connectivity index (χ2n) is 6.51. The fraction of sp³-hybridized carbons (Fsp3) is 0. The number of hydrogen-bond donors (Lipinski definition) is 2. The number of anilines is 1. The van der Waals surface area contributed by atoms with Gasteiger partial charge in [-0.2, -0.15) is 0 Å². The van der Waals surface area contributed by atoms with Gasteiger partial charge in [0.05, 0.1) is 4.90 Å². The lowest BCUT2D eigenvalue weighted by molar-refractivity contribution is 0.319. The van der Waals surface area contributed by atoms with Crippen molar-refractivity contribution >= 4 is 32.2 Å². The second-order valence-corrected chi connectivity index (χ2v) is 8.19. The van der Waals surface area contributed by atoms with Crippen LogP contribution in [-0.2, 0) is 10.0 Å². The molecule has 4 aromatic rings. The van der Waals surface area contributed by atoms with E-state index in [0.29, 0.717) is 17.0 Å². The van der Waals surface area contributed by atoms with Crippen molar-refractivity contribution in [3.8, 4) is 0 Å². The molecule has 0 aliphatic carbocycles. The van der Waals surface area contributed by atoms with E-state index in [-0.39, 0.29) is 4.90 Å². The standard InChI is InChI=1S/C23H18N2O3S/c26-24-23(18-7-2-1-3-8-18)19-10-13-21(14-11-19)25-29(27,28)22-15-12-17-6-4-5-9-20(17)16-22/h1-16,25-26H. The molecule has 4 aromatic carbocycles. The molecule has 29 heavy (non-hydrogen) atoms. The number of rotatable bonds is 5. The molecule has 0 heterocycles. The molecule has 144 valence electrons. The Morgan fingerprint density at radius 2 is 1.34 bits per heavy atom. The first-order chi connectivity index (χ1) is 14.1. The summed E-state index contributed by atoms with van der Waals surface area (Å²) in [5, 5.41) is 14.6. The molecule has 0 fully saturated rings. The summed E-state index contributed by atoms with van der Waals surface area (Å²) in [7, 11) is -3.73. The van der Waals surface area contributed by atoms with Crippen LogP contribution in [0.1, 0.15) is 11.1 Å². The van der Waals surface area contributed by atoms with E-state index in [2.05, 4.69) is 9.88 Å². The molecule has 0 saturated carbocycles. The molecule has 2 N–H and O–H groups in total. The number of fused-ring (bicyclic) bond motifs is 1. The fourth-order valence-corrected chi connectivity index (χ4v) is 4.22. The Morgan fingerprint density at radius 1 is 0.724 bits per heavy atom. The van der Waals surface area contributed by atoms with E-state index in [4.69, 9.17) is 0 Å². The number of sulfonamides is 1. The summed E-state index contributed by atoms with van der Waals surface area (Å²) in [6.07, 6.45) is 0. The van der Waals surface area contributed by atoms with Crippen LogP contribution in [-0.4, -0.2) is 19.3 Å². The van der Waals surface area contributed by atoms with Crippen molar-refractivity contribution in [2.45, 2.75) is 4.90 Å². The smallest absolute Gasteiger partial charge is 0.261 e. The van der Waals surface area contributed by atoms with Gasteiger partial charge < -0.3 is 5.21 Å². The van der Waals surface area contributed by atoms with E-state index >= 15 is 0 Å². The number of oxime groups is 1. The molecule has 5 nitrogen and oxygen atoms in total. The molecule has 0 atom stereocenters. The van der Waals surface area contributed by atoms with Crippen molar-refractivity contribution in [2.75, 3.05) is 4.72 Å². The van der Waals surface area contributed by atoms with Crippen molar-refractivity contribution < 1.29 is 13.6 Å². The Labute approximate surface area is 169 Å². The van der Waals surface area contributed by atoms with E-state index in [1.807, 2.05) is 54.6 Å². The molecule has 0 amide bonds. The summed E-state index contributed by atoms with van der Waals surface area (Å²) in [5.41, 5.74) is 2.27. The van der Waals surface area contributed by atoms with Crippen LogP contribution in [0.3, 0.4) is 0 Å². The van der Waals surface area contributed by atoms with Gasteiger partial charge in [0.1, 0.15) is 5.71 Å². The fourth-order valence-electron chi connectivity index (χ4n) is 3.12. The first kappa shape index (κ1) is 18.7. The highest BCUT2D eigenvalue weighted by Gasteiger charge is 2.15. The average molecular weight is 402 g/mol. The molecule has 0 aliphatic heterocycles. The summed E-state index contributed by atoms with van der Waals surface area (Å²) < 4.78 is 28.1. The van der Waals surface area contributed by atoms with Crippen molar-refractivity contribution in [1.82, 2.24) is 0 Å². The van der Waals surface area contributed by atoms with Crippen molar-refractivity contribution in [3.05, 3.63) is 108 Å². The molecule has 6 heteroatoms. The van der Waals surface area contributed by atoms with Gasteiger partial charge in [-0.3, -0.25) is 4.72 Å². The van der Waals surface area contributed by atoms with Crippen LogP contribution in [0.4, 0.5) is 5.69 Å². The van der Waals surface area contributed by atoms with Gasteiger partial charge in [0.15, 0.2) is 0 Å². The molecular formula is C23H18N2O3S. The van der Waals surface area contributed by atoms with Gasteiger partial charge >= 0.3 is 0 Å². The largest absolute Gasteiger partial charge is 0.410 e. The van der Waals surface area contributed by atoms with E-state index in [9.17, 15) is 13.6 Å². The quantitative estimate of drug-likeness (QED) is 0.284. The summed E-state index contributed by atoms with van der Waals surface area (Å²) in [6, 6.07) is 28.6. The number of hydrogen-bond acceptors (Lipinski definition) is 4. The monoisotopic (exact) mass is 402 g/mol. The van der Waals surface area contributed by atoms with Gasteiger partial charge in [-0.05, 0) is 35.0 Å². The van der Waals surface area contributed by atoms with Crippen molar-refractivity contribution in [3.63, 3.8) is 0 Å². The molecule has 0 unspecified atom stereocenters. The Balaban J connectivity index is 1.59. The topological polar surface area (TPSA) is 78.8 Å². The Bertz CT molecular complexity index is 1280. The Hall–Kier alpha value is -3.64. The highest BCUT2D eigenvalue weighted by molar-refractivity contribution is 7.92. The third-order valence-corrected chi connectivity index (χ3v) is 5.97. The van der Waals surface area contributed by atoms with Crippen molar-refractivity contribution in [2.24, 2.45) is 5.16 Å². The zero-order valence-corrected chi connectivity index (χ0v) is 16.2. The zero-order chi connectivity index (χ0) is 20.3. The van der Waals surface area contributed by atoms with Gasteiger partial charge in [-0.25, -0.2) is 8.42 Å². The predicted molar refractivity (Wildman–Crippen MR) is 115 cm³/mol. The lowest BCUT2D eigenvalue weighted by Crippen LogP contribution is -2.13. The molecular weight excluding hydrogens is 384 g/mol. The van der Waals surface area contributed by atoms with Crippen molar-refractivity contribution in [1.29, 1.82) is 0 Å². The maximum absolute atomic E-state index is 12.8. The zero-order valence-electron chi connectivity index (χ0n) is 15.4. The van der Waals surface area contributed by atoms with E-state index < -0.39 is 10.0 Å². The highest BCUT2D eigenvalue weighted by atomic mass is 32.2. The first-order valence-corrected chi connectivity index (χ1v) is 10.4. The molecule has 0 spiro atoms. The Kier molecular flexibility index (Phi) is 5.01. The third-order valence-electron chi connectivity index (χ3n) is 4.59. The minimum Gasteiger partial charge on any atom is -0.410 e. The summed E-state index contributed by atoms with van der Waals surface area (Å²) in [4.78, 5) is 0.196. The number of benzene rings is 4. The van der Waals surface area contributed by atoms with Crippen LogP contribution in [0.25, 0.3) is 10.8 Å². The predicted octanol–water partition coefficient (Wildman–Crippen LogP) is 4.87. The lowest BCUT2D eigenvalue weighted by Gasteiger charge is -2.10. The van der Waals surface area contributed by atoms with Gasteiger partial charge in [0, 0.05) is 16.8 Å². The van der Waals surface area contributed by atoms with Crippen LogP contribution >= 0.6 is 0 Å². The van der Waals surface area contributed by atoms with Crippen LogP contribution < -0.4 is 4.72 Å². The van der Waals surface area contributed by atoms with Crippen LogP contribution in [0.2, 0.25) is 0 Å². The van der Waals surface area contributed by atoms with Gasteiger partial charge in [0.2, 0.25) is 0 Å². The summed E-state index contributed by atoms with van der Waals surface area (Å²) >= 11 is 0. The second kappa shape index (κ2) is 7.77. The van der Waals surface area contributed by atoms with Crippen LogP contribution in [0.15, 0.2) is 107 Å². The van der Waals surface area contributed by atoms with Gasteiger partial charge in [0.25, 0.3) is 10.0 Å². The minimum atomic E-state index is -3.73. The SMILES string of the molecule is O=S(=O)(Nc1ccc(C(=NO)c2ccccc2)cc1)c1ccc2ccccc2c1. The average Bonchev–Trinajstić information content (AvgIpc) is 2.76. The number of nitrogens with one attached hydrogen (secondary N) is 1. The molecule has 0 radical (unpaired) electrons. The maximum atomic E-state index is 12.8. The minimum absolute atomic E-state index is 0.196. The normalized spacial score (nSPS) is 12.1. The third kappa shape index (κ3) is 3.97. The Morgan fingerprint density at radius 3 is 2.03 bits per heavy atom. The van der Waals surface area contributed by atoms with E-state index in [0.717, 1.165) is 16.3 Å². The highest BCUT2D eigenvalue weighted by Crippen LogP contribution is 2.22. The molecule has 0 aromatic heterocycles. The van der Waals surface area contributed by atoms with Gasteiger partial charge in [-0.1, -0.05) is 78.0 Å². The van der Waals surface area contributed by atoms with Crippen LogP contribution in [0, 0.1) is 0 Å².